The lowest BCUT2D eigenvalue weighted by atomic mass is 10.0. The number of nitrogens with one attached hydrogen (secondary N) is 1. The van der Waals surface area contributed by atoms with Crippen LogP contribution in [-0.4, -0.2) is 44.7 Å². The van der Waals surface area contributed by atoms with Crippen molar-refractivity contribution in [1.82, 2.24) is 5.32 Å². The Kier molecular flexibility index (Phi) is 7.74. The van der Waals surface area contributed by atoms with E-state index in [-0.39, 0.29) is 12.5 Å². The summed E-state index contributed by atoms with van der Waals surface area (Å²) in [5, 5.41) is 2.60. The molecule has 0 aliphatic heterocycles. The predicted molar refractivity (Wildman–Crippen MR) is 86.7 cm³/mol. The first-order valence-electron chi connectivity index (χ1n) is 7.55. The summed E-state index contributed by atoms with van der Waals surface area (Å²) in [7, 11) is 2.58. The molecule has 1 atom stereocenters. The van der Waals surface area contributed by atoms with Gasteiger partial charge in [-0.15, -0.1) is 0 Å². The first kappa shape index (κ1) is 19.5. The molecule has 1 aromatic rings. The van der Waals surface area contributed by atoms with Crippen LogP contribution in [0.25, 0.3) is 0 Å². The van der Waals surface area contributed by atoms with Gasteiger partial charge in [0.2, 0.25) is 0 Å². The van der Waals surface area contributed by atoms with Crippen LogP contribution in [0.2, 0.25) is 0 Å². The third kappa shape index (κ3) is 6.28. The smallest absolute Gasteiger partial charge is 0.337 e. The van der Waals surface area contributed by atoms with E-state index in [9.17, 15) is 14.4 Å². The second-order valence-electron chi connectivity index (χ2n) is 5.58. The topological polar surface area (TPSA) is 90.9 Å². The summed E-state index contributed by atoms with van der Waals surface area (Å²) in [6.07, 6.45) is 0.478. The third-order valence-electron chi connectivity index (χ3n) is 3.17. The molecule has 1 rings (SSSR count). The summed E-state index contributed by atoms with van der Waals surface area (Å²) >= 11 is 0. The number of benzene rings is 1. The molecule has 0 aliphatic carbocycles. The highest BCUT2D eigenvalue weighted by molar-refractivity contribution is 5.89. The van der Waals surface area contributed by atoms with Crippen LogP contribution in [0.1, 0.15) is 30.6 Å². The molecule has 0 aliphatic rings. The lowest BCUT2D eigenvalue weighted by Crippen LogP contribution is -2.44. The molecular weight excluding hydrogens is 314 g/mol. The van der Waals surface area contributed by atoms with Crippen molar-refractivity contribution in [3.05, 3.63) is 29.8 Å². The summed E-state index contributed by atoms with van der Waals surface area (Å²) in [6.45, 7) is 3.64. The largest absolute Gasteiger partial charge is 0.484 e. The molecule has 0 aromatic heterocycles. The SMILES string of the molecule is COC(=O)c1ccc(OCC(=O)N[C@H](CC(C)C)C(=O)OC)cc1. The number of hydrogen-bond acceptors (Lipinski definition) is 6. The molecule has 0 radical (unpaired) electrons. The number of ether oxygens (including phenoxy) is 3. The number of amides is 1. The van der Waals surface area contributed by atoms with Gasteiger partial charge in [-0.25, -0.2) is 9.59 Å². The van der Waals surface area contributed by atoms with Gasteiger partial charge in [0.25, 0.3) is 5.91 Å². The maximum atomic E-state index is 11.9. The molecule has 0 bridgehead atoms. The van der Waals surface area contributed by atoms with E-state index in [0.717, 1.165) is 0 Å². The predicted octanol–water partition coefficient (Wildman–Crippen LogP) is 1.56. The Labute approximate surface area is 141 Å². The van der Waals surface area contributed by atoms with Gasteiger partial charge in [0.1, 0.15) is 11.8 Å². The van der Waals surface area contributed by atoms with Crippen LogP contribution in [0.5, 0.6) is 5.75 Å². The average molecular weight is 337 g/mol. The van der Waals surface area contributed by atoms with E-state index in [2.05, 4.69) is 14.8 Å². The molecule has 7 nitrogen and oxygen atoms in total. The minimum atomic E-state index is -0.701. The van der Waals surface area contributed by atoms with Crippen molar-refractivity contribution >= 4 is 17.8 Å². The van der Waals surface area contributed by atoms with Crippen LogP contribution in [-0.2, 0) is 19.1 Å². The minimum Gasteiger partial charge on any atom is -0.484 e. The highest BCUT2D eigenvalue weighted by atomic mass is 16.5. The zero-order valence-corrected chi connectivity index (χ0v) is 14.3. The van der Waals surface area contributed by atoms with Gasteiger partial charge in [-0.05, 0) is 36.6 Å². The van der Waals surface area contributed by atoms with Crippen molar-refractivity contribution in [2.45, 2.75) is 26.3 Å². The van der Waals surface area contributed by atoms with E-state index in [1.165, 1.54) is 26.4 Å². The number of esters is 2. The summed E-state index contributed by atoms with van der Waals surface area (Å²) in [5.74, 6) is -0.714. The molecule has 1 amide bonds. The number of methoxy groups -OCH3 is 2. The first-order chi connectivity index (χ1) is 11.4. The Bertz CT molecular complexity index is 567. The van der Waals surface area contributed by atoms with Gasteiger partial charge < -0.3 is 19.5 Å². The Morgan fingerprint density at radius 1 is 1.04 bits per heavy atom. The van der Waals surface area contributed by atoms with Crippen molar-refractivity contribution in [2.75, 3.05) is 20.8 Å². The zero-order chi connectivity index (χ0) is 18.1. The Morgan fingerprint density at radius 2 is 1.67 bits per heavy atom. The van der Waals surface area contributed by atoms with Crippen molar-refractivity contribution < 1.29 is 28.6 Å². The van der Waals surface area contributed by atoms with Gasteiger partial charge in [0, 0.05) is 0 Å². The molecule has 7 heteroatoms. The van der Waals surface area contributed by atoms with Crippen LogP contribution < -0.4 is 10.1 Å². The second kappa shape index (κ2) is 9.54. The van der Waals surface area contributed by atoms with Crippen LogP contribution in [0.15, 0.2) is 24.3 Å². The van der Waals surface area contributed by atoms with Crippen LogP contribution in [0, 0.1) is 5.92 Å². The summed E-state index contributed by atoms with van der Waals surface area (Å²) in [5.41, 5.74) is 0.386. The molecule has 1 N–H and O–H groups in total. The van der Waals surface area contributed by atoms with E-state index in [1.807, 2.05) is 13.8 Å². The fourth-order valence-corrected chi connectivity index (χ4v) is 2.02. The lowest BCUT2D eigenvalue weighted by molar-refractivity contribution is -0.145. The molecule has 132 valence electrons. The van der Waals surface area contributed by atoms with E-state index in [1.54, 1.807) is 12.1 Å². The molecule has 0 unspecified atom stereocenters. The Hall–Kier alpha value is -2.57. The molecular formula is C17H23NO6. The Morgan fingerprint density at radius 3 is 2.17 bits per heavy atom. The molecule has 0 fully saturated rings. The first-order valence-corrected chi connectivity index (χ1v) is 7.55. The highest BCUT2D eigenvalue weighted by Gasteiger charge is 2.22. The maximum Gasteiger partial charge on any atom is 0.337 e. The van der Waals surface area contributed by atoms with Crippen LogP contribution in [0.3, 0.4) is 0 Å². The van der Waals surface area contributed by atoms with Crippen molar-refractivity contribution in [1.29, 1.82) is 0 Å². The van der Waals surface area contributed by atoms with Crippen molar-refractivity contribution in [3.8, 4) is 5.75 Å². The fourth-order valence-electron chi connectivity index (χ4n) is 2.02. The van der Waals surface area contributed by atoms with Gasteiger partial charge >= 0.3 is 11.9 Å². The lowest BCUT2D eigenvalue weighted by Gasteiger charge is -2.18. The van der Waals surface area contributed by atoms with Crippen LogP contribution >= 0.6 is 0 Å². The summed E-state index contributed by atoms with van der Waals surface area (Å²) in [6, 6.07) is 5.49. The van der Waals surface area contributed by atoms with E-state index in [0.29, 0.717) is 17.7 Å². The average Bonchev–Trinajstić information content (AvgIpc) is 2.58. The Balaban J connectivity index is 2.55. The quantitative estimate of drug-likeness (QED) is 0.724. The zero-order valence-electron chi connectivity index (χ0n) is 14.3. The monoisotopic (exact) mass is 337 g/mol. The second-order valence-corrected chi connectivity index (χ2v) is 5.58. The molecule has 0 saturated carbocycles. The molecule has 1 aromatic carbocycles. The van der Waals surface area contributed by atoms with Gasteiger partial charge in [-0.2, -0.15) is 0 Å². The van der Waals surface area contributed by atoms with Gasteiger partial charge in [-0.1, -0.05) is 13.8 Å². The summed E-state index contributed by atoms with van der Waals surface area (Å²) in [4.78, 5) is 34.9. The minimum absolute atomic E-state index is 0.223. The molecule has 0 saturated heterocycles. The standard InChI is InChI=1S/C17H23NO6/c1-11(2)9-14(17(21)23-4)18-15(19)10-24-13-7-5-12(6-8-13)16(20)22-3/h5-8,11,14H,9-10H2,1-4H3,(H,18,19)/t14-/m1/s1. The fraction of sp³-hybridized carbons (Fsp3) is 0.471. The third-order valence-corrected chi connectivity index (χ3v) is 3.17. The molecule has 0 spiro atoms. The maximum absolute atomic E-state index is 11.9. The molecule has 0 heterocycles. The number of rotatable bonds is 8. The molecule has 24 heavy (non-hydrogen) atoms. The normalized spacial score (nSPS) is 11.5. The van der Waals surface area contributed by atoms with Gasteiger partial charge in [-0.3, -0.25) is 4.79 Å². The summed E-state index contributed by atoms with van der Waals surface area (Å²) < 4.78 is 14.6. The number of hydrogen-bond donors (Lipinski definition) is 1. The van der Waals surface area contributed by atoms with Gasteiger partial charge in [0.15, 0.2) is 6.61 Å². The van der Waals surface area contributed by atoms with Crippen LogP contribution in [0.4, 0.5) is 0 Å². The van der Waals surface area contributed by atoms with E-state index >= 15 is 0 Å². The van der Waals surface area contributed by atoms with E-state index < -0.39 is 23.9 Å². The number of carbonyl (C=O) groups excluding carboxylic acids is 3. The van der Waals surface area contributed by atoms with Crippen molar-refractivity contribution in [2.24, 2.45) is 5.92 Å². The van der Waals surface area contributed by atoms with Crippen molar-refractivity contribution in [3.63, 3.8) is 0 Å². The number of carbonyl (C=O) groups is 3. The van der Waals surface area contributed by atoms with E-state index in [4.69, 9.17) is 4.74 Å². The highest BCUT2D eigenvalue weighted by Crippen LogP contribution is 2.13. The van der Waals surface area contributed by atoms with Gasteiger partial charge in [0.05, 0.1) is 19.8 Å².